The van der Waals surface area contributed by atoms with Crippen LogP contribution >= 0.6 is 0 Å². The molecule has 0 atom stereocenters. The van der Waals surface area contributed by atoms with Crippen LogP contribution in [-0.4, -0.2) is 42.1 Å². The van der Waals surface area contributed by atoms with Gasteiger partial charge < -0.3 is 9.47 Å². The van der Waals surface area contributed by atoms with E-state index in [0.29, 0.717) is 17.9 Å². The molecular formula is C21H25N3O3S. The molecule has 3 rings (SSSR count). The molecule has 1 amide bonds. The van der Waals surface area contributed by atoms with E-state index in [-0.39, 0.29) is 18.2 Å². The van der Waals surface area contributed by atoms with E-state index in [1.807, 2.05) is 36.4 Å². The van der Waals surface area contributed by atoms with Crippen LogP contribution in [-0.2, 0) is 39.9 Å². The van der Waals surface area contributed by atoms with Crippen molar-refractivity contribution in [3.63, 3.8) is 0 Å². The number of amides is 1. The predicted octanol–water partition coefficient (Wildman–Crippen LogP) is 2.80. The molecule has 1 heterocycles. The van der Waals surface area contributed by atoms with E-state index in [1.165, 1.54) is 11.8 Å². The second kappa shape index (κ2) is 8.14. The number of benzene rings is 2. The monoisotopic (exact) mass is 399 g/mol. The van der Waals surface area contributed by atoms with E-state index in [0.717, 1.165) is 17.5 Å². The number of aryl methyl sites for hydroxylation is 1. The Morgan fingerprint density at radius 3 is 2.36 bits per heavy atom. The molecule has 0 aliphatic rings. The van der Waals surface area contributed by atoms with Gasteiger partial charge in [-0.05, 0) is 29.7 Å². The third-order valence-electron chi connectivity index (χ3n) is 4.69. The van der Waals surface area contributed by atoms with Gasteiger partial charge in [-0.1, -0.05) is 43.3 Å². The molecular weight excluding hydrogens is 374 g/mol. The fraction of sp³-hybridized carbons (Fsp3) is 0.333. The van der Waals surface area contributed by atoms with Crippen molar-refractivity contribution in [1.29, 1.82) is 0 Å². The molecule has 0 N–H and O–H groups in total. The van der Waals surface area contributed by atoms with E-state index in [9.17, 15) is 13.2 Å². The van der Waals surface area contributed by atoms with Gasteiger partial charge in [0, 0.05) is 19.8 Å². The molecule has 0 fully saturated rings. The molecule has 0 aliphatic heterocycles. The summed E-state index contributed by atoms with van der Waals surface area (Å²) in [5.74, 6) is 0.0900. The second-order valence-corrected chi connectivity index (χ2v) is 9.23. The molecule has 0 spiro atoms. The number of likely N-dealkylation sites (N-methyl/N-ethyl adjacent to an activating group) is 1. The number of imidazole rings is 1. The molecule has 148 valence electrons. The highest BCUT2D eigenvalue weighted by Gasteiger charge is 2.19. The van der Waals surface area contributed by atoms with Gasteiger partial charge in [0.05, 0.1) is 11.0 Å². The number of sulfone groups is 1. The predicted molar refractivity (Wildman–Crippen MR) is 111 cm³/mol. The van der Waals surface area contributed by atoms with E-state index in [1.54, 1.807) is 16.5 Å². The summed E-state index contributed by atoms with van der Waals surface area (Å²) in [5.41, 5.74) is 3.76. The lowest BCUT2D eigenvalue weighted by atomic mass is 10.1. The normalized spacial score (nSPS) is 11.7. The topological polar surface area (TPSA) is 72.3 Å². The summed E-state index contributed by atoms with van der Waals surface area (Å²) in [4.78, 5) is 18.9. The lowest BCUT2D eigenvalue weighted by molar-refractivity contribution is -0.131. The van der Waals surface area contributed by atoms with Crippen molar-refractivity contribution in [3.8, 4) is 0 Å². The van der Waals surface area contributed by atoms with Crippen LogP contribution in [0.3, 0.4) is 0 Å². The van der Waals surface area contributed by atoms with Crippen LogP contribution in [0.4, 0.5) is 0 Å². The second-order valence-electron chi connectivity index (χ2n) is 7.09. The number of hydrogen-bond donors (Lipinski definition) is 0. The van der Waals surface area contributed by atoms with Crippen molar-refractivity contribution in [2.75, 3.05) is 13.3 Å². The van der Waals surface area contributed by atoms with Crippen LogP contribution in [0.15, 0.2) is 48.5 Å². The average molecular weight is 400 g/mol. The molecule has 0 saturated heterocycles. The fourth-order valence-electron chi connectivity index (χ4n) is 3.14. The first-order valence-electron chi connectivity index (χ1n) is 9.20. The van der Waals surface area contributed by atoms with Gasteiger partial charge in [0.2, 0.25) is 5.91 Å². The highest BCUT2D eigenvalue weighted by atomic mass is 32.2. The van der Waals surface area contributed by atoms with E-state index >= 15 is 0 Å². The maximum Gasteiger partial charge on any atom is 0.242 e. The minimum atomic E-state index is -3.27. The number of aromatic nitrogens is 2. The highest BCUT2D eigenvalue weighted by Crippen LogP contribution is 2.18. The van der Waals surface area contributed by atoms with Crippen LogP contribution in [0, 0.1) is 0 Å². The first-order valence-corrected chi connectivity index (χ1v) is 11.3. The van der Waals surface area contributed by atoms with E-state index in [4.69, 9.17) is 0 Å². The first-order chi connectivity index (χ1) is 13.3. The molecule has 0 unspecified atom stereocenters. The van der Waals surface area contributed by atoms with E-state index < -0.39 is 9.84 Å². The Morgan fingerprint density at radius 2 is 1.71 bits per heavy atom. The molecule has 0 saturated carbocycles. The number of rotatable bonds is 7. The van der Waals surface area contributed by atoms with Crippen molar-refractivity contribution in [3.05, 3.63) is 65.5 Å². The average Bonchev–Trinajstić information content (AvgIpc) is 2.97. The summed E-state index contributed by atoms with van der Waals surface area (Å²) in [7, 11) is -1.51. The third kappa shape index (κ3) is 4.78. The van der Waals surface area contributed by atoms with Crippen LogP contribution in [0.2, 0.25) is 0 Å². The lowest BCUT2D eigenvalue weighted by Gasteiger charge is -2.19. The number of carbonyl (C=O) groups excluding carboxylic acids is 1. The lowest BCUT2D eigenvalue weighted by Crippen LogP contribution is -2.30. The quantitative estimate of drug-likeness (QED) is 0.612. The summed E-state index contributed by atoms with van der Waals surface area (Å²) in [6, 6.07) is 15.6. The van der Waals surface area contributed by atoms with Crippen molar-refractivity contribution >= 4 is 26.8 Å². The molecule has 2 aromatic carbocycles. The molecule has 0 radical (unpaired) electrons. The molecule has 28 heavy (non-hydrogen) atoms. The summed E-state index contributed by atoms with van der Waals surface area (Å²) in [6.45, 7) is 2.65. The molecule has 0 aliphatic carbocycles. The van der Waals surface area contributed by atoms with Gasteiger partial charge in [-0.25, -0.2) is 13.4 Å². The summed E-state index contributed by atoms with van der Waals surface area (Å²) >= 11 is 0. The van der Waals surface area contributed by atoms with Crippen molar-refractivity contribution < 1.29 is 13.2 Å². The van der Waals surface area contributed by atoms with Crippen LogP contribution in [0.25, 0.3) is 11.0 Å². The Morgan fingerprint density at radius 1 is 1.07 bits per heavy atom. The largest absolute Gasteiger partial charge is 0.340 e. The third-order valence-corrected chi connectivity index (χ3v) is 5.48. The number of fused-ring (bicyclic) bond motifs is 1. The van der Waals surface area contributed by atoms with Gasteiger partial charge in [-0.3, -0.25) is 4.79 Å². The number of para-hydroxylation sites is 2. The Kier molecular flexibility index (Phi) is 5.84. The first kappa shape index (κ1) is 20.1. The van der Waals surface area contributed by atoms with E-state index in [2.05, 4.69) is 24.0 Å². The van der Waals surface area contributed by atoms with Crippen molar-refractivity contribution in [2.45, 2.75) is 32.2 Å². The summed E-state index contributed by atoms with van der Waals surface area (Å²) in [6.07, 6.45) is 2.15. The fourth-order valence-corrected chi connectivity index (χ4v) is 3.83. The zero-order chi connectivity index (χ0) is 20.3. The molecule has 7 heteroatoms. The number of nitrogens with zero attached hydrogens (tertiary/aromatic N) is 3. The minimum absolute atomic E-state index is 0.0505. The Balaban J connectivity index is 1.82. The number of hydrogen-bond acceptors (Lipinski definition) is 4. The summed E-state index contributed by atoms with van der Waals surface area (Å²) < 4.78 is 25.3. The van der Waals surface area contributed by atoms with Crippen LogP contribution in [0.5, 0.6) is 0 Å². The standard InChI is InChI=1S/C21H25N3O3S/c1-4-16-9-11-17(12-10-16)13-23(2)21(25)14-24-19-8-6-5-7-18(19)22-20(24)15-28(3,26)27/h5-12H,4,13-15H2,1-3H3. The van der Waals surface area contributed by atoms with Crippen molar-refractivity contribution in [2.24, 2.45) is 0 Å². The zero-order valence-corrected chi connectivity index (χ0v) is 17.2. The smallest absolute Gasteiger partial charge is 0.242 e. The minimum Gasteiger partial charge on any atom is -0.340 e. The highest BCUT2D eigenvalue weighted by molar-refractivity contribution is 7.89. The van der Waals surface area contributed by atoms with Gasteiger partial charge in [-0.15, -0.1) is 0 Å². The van der Waals surface area contributed by atoms with Crippen molar-refractivity contribution in [1.82, 2.24) is 14.5 Å². The Labute approximate surface area is 165 Å². The molecule has 3 aromatic rings. The maximum absolute atomic E-state index is 12.8. The van der Waals surface area contributed by atoms with Gasteiger partial charge in [-0.2, -0.15) is 0 Å². The molecule has 1 aromatic heterocycles. The SMILES string of the molecule is CCc1ccc(CN(C)C(=O)Cn2c(CS(C)(=O)=O)nc3ccccc32)cc1. The van der Waals surface area contributed by atoms with Gasteiger partial charge >= 0.3 is 0 Å². The Hall–Kier alpha value is -2.67. The van der Waals surface area contributed by atoms with Gasteiger partial charge in [0.15, 0.2) is 9.84 Å². The molecule has 0 bridgehead atoms. The van der Waals surface area contributed by atoms with Crippen LogP contribution < -0.4 is 0 Å². The molecule has 6 nitrogen and oxygen atoms in total. The Bertz CT molecular complexity index is 1090. The number of carbonyl (C=O) groups is 1. The maximum atomic E-state index is 12.8. The summed E-state index contributed by atoms with van der Waals surface area (Å²) in [5, 5.41) is 0. The zero-order valence-electron chi connectivity index (χ0n) is 16.4. The van der Waals surface area contributed by atoms with Crippen LogP contribution in [0.1, 0.15) is 23.9 Å². The van der Waals surface area contributed by atoms with Gasteiger partial charge in [0.1, 0.15) is 18.1 Å². The van der Waals surface area contributed by atoms with Gasteiger partial charge in [0.25, 0.3) is 0 Å².